The van der Waals surface area contributed by atoms with Crippen LogP contribution in [0, 0.1) is 0 Å². The zero-order valence-corrected chi connectivity index (χ0v) is 12.4. The Labute approximate surface area is 134 Å². The molecule has 3 nitrogen and oxygen atoms in total. The number of anilines is 1. The Morgan fingerprint density at radius 2 is 1.04 bits per heavy atom. The molecule has 0 radical (unpaired) electrons. The molecule has 23 heavy (non-hydrogen) atoms. The minimum absolute atomic E-state index is 0.0550. The Balaban J connectivity index is 1.74. The van der Waals surface area contributed by atoms with Crippen LogP contribution in [0.2, 0.25) is 0 Å². The van der Waals surface area contributed by atoms with E-state index in [0.29, 0.717) is 16.7 Å². The number of benzene rings is 3. The van der Waals surface area contributed by atoms with Gasteiger partial charge in [0.05, 0.1) is 0 Å². The van der Waals surface area contributed by atoms with Crippen molar-refractivity contribution in [2.75, 3.05) is 5.32 Å². The fourth-order valence-electron chi connectivity index (χ4n) is 2.25. The summed E-state index contributed by atoms with van der Waals surface area (Å²) in [6.45, 7) is 0. The number of carbonyl (C=O) groups is 2. The van der Waals surface area contributed by atoms with Gasteiger partial charge in [-0.2, -0.15) is 0 Å². The molecular formula is C20H15NO2. The summed E-state index contributed by atoms with van der Waals surface area (Å²) in [4.78, 5) is 24.5. The normalized spacial score (nSPS) is 10.1. The van der Waals surface area contributed by atoms with Crippen LogP contribution in [0.1, 0.15) is 26.3 Å². The highest BCUT2D eigenvalue weighted by molar-refractivity contribution is 6.10. The predicted molar refractivity (Wildman–Crippen MR) is 90.7 cm³/mol. The third kappa shape index (κ3) is 3.52. The third-order valence-electron chi connectivity index (χ3n) is 3.48. The van der Waals surface area contributed by atoms with Gasteiger partial charge in [-0.25, -0.2) is 0 Å². The monoisotopic (exact) mass is 301 g/mol. The van der Waals surface area contributed by atoms with E-state index in [1.807, 2.05) is 48.5 Å². The van der Waals surface area contributed by atoms with Gasteiger partial charge in [0.25, 0.3) is 5.91 Å². The number of hydrogen-bond donors (Lipinski definition) is 1. The van der Waals surface area contributed by atoms with E-state index < -0.39 is 0 Å². The summed E-state index contributed by atoms with van der Waals surface area (Å²) in [5.41, 5.74) is 2.45. The van der Waals surface area contributed by atoms with Crippen molar-refractivity contribution < 1.29 is 9.59 Å². The van der Waals surface area contributed by atoms with Crippen molar-refractivity contribution >= 4 is 17.4 Å². The van der Waals surface area contributed by atoms with Crippen molar-refractivity contribution in [3.63, 3.8) is 0 Å². The molecule has 3 aromatic rings. The van der Waals surface area contributed by atoms with Gasteiger partial charge in [0.1, 0.15) is 0 Å². The quantitative estimate of drug-likeness (QED) is 0.735. The fraction of sp³-hybridized carbons (Fsp3) is 0. The molecule has 3 aromatic carbocycles. The van der Waals surface area contributed by atoms with E-state index >= 15 is 0 Å². The summed E-state index contributed by atoms with van der Waals surface area (Å²) in [5.74, 6) is -0.254. The van der Waals surface area contributed by atoms with Crippen LogP contribution in [0.4, 0.5) is 5.69 Å². The van der Waals surface area contributed by atoms with E-state index in [4.69, 9.17) is 0 Å². The average Bonchev–Trinajstić information content (AvgIpc) is 2.63. The van der Waals surface area contributed by atoms with E-state index in [0.717, 1.165) is 5.69 Å². The van der Waals surface area contributed by atoms with Crippen molar-refractivity contribution in [2.45, 2.75) is 0 Å². The second-order valence-corrected chi connectivity index (χ2v) is 5.09. The fourth-order valence-corrected chi connectivity index (χ4v) is 2.25. The molecule has 0 aliphatic heterocycles. The number of carbonyl (C=O) groups excluding carboxylic acids is 2. The number of ketones is 1. The van der Waals surface area contributed by atoms with Gasteiger partial charge in [-0.1, -0.05) is 60.7 Å². The maximum atomic E-state index is 12.3. The van der Waals surface area contributed by atoms with Crippen molar-refractivity contribution in [3.8, 4) is 0 Å². The van der Waals surface area contributed by atoms with Crippen molar-refractivity contribution in [1.29, 1.82) is 0 Å². The van der Waals surface area contributed by atoms with Crippen LogP contribution in [0.25, 0.3) is 0 Å². The number of hydrogen-bond acceptors (Lipinski definition) is 2. The van der Waals surface area contributed by atoms with Crippen LogP contribution in [-0.2, 0) is 0 Å². The first-order valence-electron chi connectivity index (χ1n) is 7.30. The lowest BCUT2D eigenvalue weighted by molar-refractivity contribution is 0.102. The zero-order chi connectivity index (χ0) is 16.1. The molecule has 0 aliphatic carbocycles. The maximum absolute atomic E-state index is 12.3. The van der Waals surface area contributed by atoms with E-state index in [-0.39, 0.29) is 11.7 Å². The summed E-state index contributed by atoms with van der Waals surface area (Å²) in [7, 11) is 0. The lowest BCUT2D eigenvalue weighted by Crippen LogP contribution is -2.12. The largest absolute Gasteiger partial charge is 0.322 e. The predicted octanol–water partition coefficient (Wildman–Crippen LogP) is 4.17. The molecule has 0 aromatic heterocycles. The Kier molecular flexibility index (Phi) is 4.29. The van der Waals surface area contributed by atoms with Gasteiger partial charge in [-0.05, 0) is 24.3 Å². The third-order valence-corrected chi connectivity index (χ3v) is 3.48. The first-order chi connectivity index (χ1) is 11.2. The zero-order valence-electron chi connectivity index (χ0n) is 12.4. The van der Waals surface area contributed by atoms with Gasteiger partial charge in [0.15, 0.2) is 5.78 Å². The molecule has 3 rings (SSSR count). The molecule has 0 aliphatic rings. The SMILES string of the molecule is O=C(Nc1ccccc1)c1ccc(C(=O)c2ccccc2)cc1. The Hall–Kier alpha value is -3.20. The standard InChI is InChI=1S/C20H15NO2/c22-19(15-7-3-1-4-8-15)16-11-13-17(14-12-16)20(23)21-18-9-5-2-6-10-18/h1-14H,(H,21,23). The Morgan fingerprint density at radius 1 is 0.565 bits per heavy atom. The van der Waals surface area contributed by atoms with Crippen LogP contribution < -0.4 is 5.32 Å². The van der Waals surface area contributed by atoms with E-state index in [1.54, 1.807) is 36.4 Å². The van der Waals surface area contributed by atoms with Crippen LogP contribution in [0.3, 0.4) is 0 Å². The molecule has 0 atom stereocenters. The molecular weight excluding hydrogens is 286 g/mol. The minimum Gasteiger partial charge on any atom is -0.322 e. The highest BCUT2D eigenvalue weighted by Crippen LogP contribution is 2.13. The van der Waals surface area contributed by atoms with Gasteiger partial charge in [0.2, 0.25) is 0 Å². The van der Waals surface area contributed by atoms with Crippen LogP contribution >= 0.6 is 0 Å². The molecule has 1 N–H and O–H groups in total. The lowest BCUT2D eigenvalue weighted by atomic mass is 10.0. The first kappa shape index (κ1) is 14.7. The summed E-state index contributed by atoms with van der Waals surface area (Å²) in [5, 5.41) is 2.81. The van der Waals surface area contributed by atoms with Crippen LogP contribution in [0.5, 0.6) is 0 Å². The van der Waals surface area contributed by atoms with Crippen molar-refractivity contribution in [3.05, 3.63) is 102 Å². The second kappa shape index (κ2) is 6.71. The molecule has 0 spiro atoms. The average molecular weight is 301 g/mol. The van der Waals surface area contributed by atoms with Crippen molar-refractivity contribution in [1.82, 2.24) is 0 Å². The minimum atomic E-state index is -0.199. The Bertz CT molecular complexity index is 809. The smallest absolute Gasteiger partial charge is 0.255 e. The summed E-state index contributed by atoms with van der Waals surface area (Å²) >= 11 is 0. The summed E-state index contributed by atoms with van der Waals surface area (Å²) in [6, 6.07) is 25.0. The highest BCUT2D eigenvalue weighted by Gasteiger charge is 2.10. The van der Waals surface area contributed by atoms with E-state index in [1.165, 1.54) is 0 Å². The second-order valence-electron chi connectivity index (χ2n) is 5.09. The van der Waals surface area contributed by atoms with E-state index in [2.05, 4.69) is 5.32 Å². The molecule has 3 heteroatoms. The molecule has 0 unspecified atom stereocenters. The molecule has 0 fully saturated rings. The summed E-state index contributed by atoms with van der Waals surface area (Å²) in [6.07, 6.45) is 0. The van der Waals surface area contributed by atoms with Gasteiger partial charge >= 0.3 is 0 Å². The topological polar surface area (TPSA) is 46.2 Å². The number of para-hydroxylation sites is 1. The first-order valence-corrected chi connectivity index (χ1v) is 7.30. The number of rotatable bonds is 4. The number of nitrogens with one attached hydrogen (secondary N) is 1. The van der Waals surface area contributed by atoms with Gasteiger partial charge in [0, 0.05) is 22.4 Å². The molecule has 0 saturated carbocycles. The molecule has 1 amide bonds. The molecule has 112 valence electrons. The molecule has 0 bridgehead atoms. The van der Waals surface area contributed by atoms with Crippen LogP contribution in [-0.4, -0.2) is 11.7 Å². The van der Waals surface area contributed by atoms with Gasteiger partial charge < -0.3 is 5.32 Å². The van der Waals surface area contributed by atoms with Gasteiger partial charge in [-0.3, -0.25) is 9.59 Å². The summed E-state index contributed by atoms with van der Waals surface area (Å²) < 4.78 is 0. The number of amides is 1. The van der Waals surface area contributed by atoms with E-state index in [9.17, 15) is 9.59 Å². The Morgan fingerprint density at radius 3 is 1.65 bits per heavy atom. The lowest BCUT2D eigenvalue weighted by Gasteiger charge is -2.06. The van der Waals surface area contributed by atoms with Gasteiger partial charge in [-0.15, -0.1) is 0 Å². The maximum Gasteiger partial charge on any atom is 0.255 e. The highest BCUT2D eigenvalue weighted by atomic mass is 16.1. The molecule has 0 heterocycles. The van der Waals surface area contributed by atoms with Crippen LogP contribution in [0.15, 0.2) is 84.9 Å². The van der Waals surface area contributed by atoms with Crippen molar-refractivity contribution in [2.24, 2.45) is 0 Å². The molecule has 0 saturated heterocycles.